The summed E-state index contributed by atoms with van der Waals surface area (Å²) < 4.78 is 34.5. The van der Waals surface area contributed by atoms with Gasteiger partial charge in [0.25, 0.3) is 10.0 Å². The predicted octanol–water partition coefficient (Wildman–Crippen LogP) is 6.10. The van der Waals surface area contributed by atoms with Crippen LogP contribution in [0.3, 0.4) is 0 Å². The number of halogens is 1. The van der Waals surface area contributed by atoms with Gasteiger partial charge in [-0.25, -0.2) is 8.42 Å². The van der Waals surface area contributed by atoms with Crippen molar-refractivity contribution in [1.82, 2.24) is 10.2 Å². The molecule has 1 atom stereocenters. The van der Waals surface area contributed by atoms with Gasteiger partial charge in [-0.3, -0.25) is 13.9 Å². The molecule has 2 amide bonds. The molecular formula is C35H38ClN3O5S. The molecule has 1 N–H and O–H groups in total. The van der Waals surface area contributed by atoms with Crippen molar-refractivity contribution in [3.63, 3.8) is 0 Å². The van der Waals surface area contributed by atoms with E-state index in [4.69, 9.17) is 16.3 Å². The molecule has 0 heterocycles. The van der Waals surface area contributed by atoms with E-state index in [2.05, 4.69) is 5.32 Å². The number of nitrogens with zero attached hydrogens (tertiary/aromatic N) is 2. The number of ether oxygens (including phenoxy) is 1. The monoisotopic (exact) mass is 647 g/mol. The third kappa shape index (κ3) is 9.09. The zero-order valence-corrected chi connectivity index (χ0v) is 27.4. The van der Waals surface area contributed by atoms with Crippen LogP contribution in [-0.4, -0.2) is 50.4 Å². The van der Waals surface area contributed by atoms with Gasteiger partial charge in [-0.15, -0.1) is 0 Å². The Hall–Kier alpha value is -4.34. The fraction of sp³-hybridized carbons (Fsp3) is 0.257. The number of rotatable bonds is 12. The van der Waals surface area contributed by atoms with E-state index in [0.29, 0.717) is 16.3 Å². The molecule has 0 fully saturated rings. The Morgan fingerprint density at radius 2 is 1.44 bits per heavy atom. The van der Waals surface area contributed by atoms with Crippen molar-refractivity contribution in [2.45, 2.75) is 50.2 Å². The molecule has 0 aliphatic heterocycles. The Kier molecular flexibility index (Phi) is 10.9. The lowest BCUT2D eigenvalue weighted by Gasteiger charge is -2.35. The largest absolute Gasteiger partial charge is 0.497 e. The molecule has 0 saturated heterocycles. The molecule has 8 nitrogen and oxygen atoms in total. The summed E-state index contributed by atoms with van der Waals surface area (Å²) in [5.74, 6) is -0.384. The summed E-state index contributed by atoms with van der Waals surface area (Å²) in [5, 5.41) is 3.50. The van der Waals surface area contributed by atoms with Crippen LogP contribution in [0.2, 0.25) is 5.02 Å². The summed E-state index contributed by atoms with van der Waals surface area (Å²) in [4.78, 5) is 29.9. The summed E-state index contributed by atoms with van der Waals surface area (Å²) in [6.45, 7) is 5.07. The van der Waals surface area contributed by atoms with Crippen LogP contribution in [0, 0.1) is 0 Å². The zero-order chi connectivity index (χ0) is 32.6. The van der Waals surface area contributed by atoms with E-state index >= 15 is 0 Å². The number of hydrogen-bond donors (Lipinski definition) is 1. The minimum absolute atomic E-state index is 0.0241. The normalized spacial score (nSPS) is 12.2. The van der Waals surface area contributed by atoms with E-state index in [1.807, 2.05) is 57.2 Å². The first kappa shape index (κ1) is 33.6. The molecule has 0 aliphatic rings. The summed E-state index contributed by atoms with van der Waals surface area (Å²) in [7, 11) is -2.68. The van der Waals surface area contributed by atoms with Gasteiger partial charge in [-0.1, -0.05) is 72.3 Å². The second kappa shape index (κ2) is 14.6. The van der Waals surface area contributed by atoms with Gasteiger partial charge in [0.15, 0.2) is 0 Å². The second-order valence-electron chi connectivity index (χ2n) is 11.6. The van der Waals surface area contributed by atoms with Crippen molar-refractivity contribution in [3.8, 4) is 5.75 Å². The van der Waals surface area contributed by atoms with Gasteiger partial charge in [-0.05, 0) is 80.4 Å². The molecule has 4 aromatic rings. The lowest BCUT2D eigenvalue weighted by atomic mass is 10.0. The fourth-order valence-electron chi connectivity index (χ4n) is 4.84. The molecular weight excluding hydrogens is 610 g/mol. The Balaban J connectivity index is 1.81. The summed E-state index contributed by atoms with van der Waals surface area (Å²) in [6.07, 6.45) is 0.211. The molecule has 0 aromatic heterocycles. The molecule has 0 spiro atoms. The van der Waals surface area contributed by atoms with Gasteiger partial charge in [-0.2, -0.15) is 0 Å². The predicted molar refractivity (Wildman–Crippen MR) is 178 cm³/mol. The maximum absolute atomic E-state index is 14.5. The number of anilines is 1. The fourth-order valence-corrected chi connectivity index (χ4v) is 6.48. The molecule has 4 rings (SSSR count). The van der Waals surface area contributed by atoms with Crippen molar-refractivity contribution < 1.29 is 22.7 Å². The maximum Gasteiger partial charge on any atom is 0.264 e. The molecule has 10 heteroatoms. The number of methoxy groups -OCH3 is 1. The second-order valence-corrected chi connectivity index (χ2v) is 13.9. The molecule has 0 saturated carbocycles. The van der Waals surface area contributed by atoms with E-state index in [1.54, 1.807) is 60.7 Å². The van der Waals surface area contributed by atoms with Crippen molar-refractivity contribution in [2.75, 3.05) is 18.0 Å². The zero-order valence-electron chi connectivity index (χ0n) is 25.8. The van der Waals surface area contributed by atoms with Crippen LogP contribution in [0.4, 0.5) is 5.69 Å². The summed E-state index contributed by atoms with van der Waals surface area (Å²) >= 11 is 6.30. The van der Waals surface area contributed by atoms with Crippen molar-refractivity contribution in [1.29, 1.82) is 0 Å². The first-order chi connectivity index (χ1) is 21.4. The lowest BCUT2D eigenvalue weighted by Crippen LogP contribution is -2.56. The van der Waals surface area contributed by atoms with Crippen LogP contribution in [0.15, 0.2) is 114 Å². The van der Waals surface area contributed by atoms with Crippen LogP contribution in [-0.2, 0) is 32.6 Å². The van der Waals surface area contributed by atoms with E-state index in [9.17, 15) is 18.0 Å². The van der Waals surface area contributed by atoms with Crippen molar-refractivity contribution in [2.24, 2.45) is 0 Å². The van der Waals surface area contributed by atoms with Gasteiger partial charge >= 0.3 is 0 Å². The highest BCUT2D eigenvalue weighted by molar-refractivity contribution is 7.92. The third-order valence-corrected chi connectivity index (χ3v) is 9.00. The average molecular weight is 648 g/mol. The van der Waals surface area contributed by atoms with Crippen LogP contribution in [0.25, 0.3) is 0 Å². The Morgan fingerprint density at radius 1 is 0.844 bits per heavy atom. The van der Waals surface area contributed by atoms with Gasteiger partial charge < -0.3 is 15.0 Å². The standard InChI is InChI=1S/C35H38ClN3O5S/c1-35(2,3)37-34(41)32(23-26-12-7-5-8-13-26)38(24-27-14-11-15-28(36)22-27)33(40)25-39(29-18-20-30(44-4)21-19-29)45(42,43)31-16-9-6-10-17-31/h5-22,32H,23-25H2,1-4H3,(H,37,41)/t32-/m0/s1. The molecule has 236 valence electrons. The topological polar surface area (TPSA) is 96.0 Å². The summed E-state index contributed by atoms with van der Waals surface area (Å²) in [5.41, 5.74) is 1.23. The van der Waals surface area contributed by atoms with E-state index in [1.165, 1.54) is 24.1 Å². The molecule has 0 aliphatic carbocycles. The molecule has 4 aromatic carbocycles. The van der Waals surface area contributed by atoms with E-state index < -0.39 is 34.1 Å². The molecule has 0 bridgehead atoms. The first-order valence-electron chi connectivity index (χ1n) is 14.5. The molecule has 45 heavy (non-hydrogen) atoms. The SMILES string of the molecule is COc1ccc(N(CC(=O)N(Cc2cccc(Cl)c2)[C@@H](Cc2ccccc2)C(=O)NC(C)(C)C)S(=O)(=O)c2ccccc2)cc1. The summed E-state index contributed by atoms with van der Waals surface area (Å²) in [6, 6.07) is 29.8. The van der Waals surface area contributed by atoms with Crippen LogP contribution < -0.4 is 14.4 Å². The molecule has 0 radical (unpaired) electrons. The van der Waals surface area contributed by atoms with Crippen LogP contribution >= 0.6 is 11.6 Å². The van der Waals surface area contributed by atoms with Gasteiger partial charge in [0.05, 0.1) is 17.7 Å². The van der Waals surface area contributed by atoms with Crippen molar-refractivity contribution in [3.05, 3.63) is 125 Å². The third-order valence-electron chi connectivity index (χ3n) is 6.98. The van der Waals surface area contributed by atoms with Gasteiger partial charge in [0.1, 0.15) is 18.3 Å². The van der Waals surface area contributed by atoms with Gasteiger partial charge in [0.2, 0.25) is 11.8 Å². The average Bonchev–Trinajstić information content (AvgIpc) is 3.01. The number of nitrogens with one attached hydrogen (secondary N) is 1. The Bertz CT molecular complexity index is 1690. The highest BCUT2D eigenvalue weighted by Gasteiger charge is 2.35. The number of amides is 2. The number of benzene rings is 4. The van der Waals surface area contributed by atoms with Crippen LogP contribution in [0.1, 0.15) is 31.9 Å². The minimum atomic E-state index is -4.19. The number of hydrogen-bond acceptors (Lipinski definition) is 5. The maximum atomic E-state index is 14.5. The smallest absolute Gasteiger partial charge is 0.264 e. The highest BCUT2D eigenvalue weighted by Crippen LogP contribution is 2.27. The van der Waals surface area contributed by atoms with Gasteiger partial charge in [0, 0.05) is 23.5 Å². The molecule has 0 unspecified atom stereocenters. The quantitative estimate of drug-likeness (QED) is 0.201. The van der Waals surface area contributed by atoms with E-state index in [0.717, 1.165) is 9.87 Å². The van der Waals surface area contributed by atoms with E-state index in [-0.39, 0.29) is 29.5 Å². The number of carbonyl (C=O) groups is 2. The number of sulfonamides is 1. The Morgan fingerprint density at radius 3 is 2.02 bits per heavy atom. The highest BCUT2D eigenvalue weighted by atomic mass is 35.5. The minimum Gasteiger partial charge on any atom is -0.497 e. The lowest BCUT2D eigenvalue weighted by molar-refractivity contribution is -0.140. The van der Waals surface area contributed by atoms with Crippen molar-refractivity contribution >= 4 is 39.1 Å². The number of carbonyl (C=O) groups excluding carboxylic acids is 2. The Labute approximate surface area is 270 Å². The van der Waals surface area contributed by atoms with Crippen LogP contribution in [0.5, 0.6) is 5.75 Å². The first-order valence-corrected chi connectivity index (χ1v) is 16.3.